The number of nitrogens with zero attached hydrogens (tertiary/aromatic N) is 1. The van der Waals surface area contributed by atoms with Gasteiger partial charge < -0.3 is 19.4 Å². The quantitative estimate of drug-likeness (QED) is 0.0156. The van der Waals surface area contributed by atoms with Gasteiger partial charge in [-0.05, 0) is 89.5 Å². The number of carbonyl (C=O) groups excluding carboxylic acids is 2. The number of hydrogen-bond donors (Lipinski definition) is 2. The average molecular weight is 1000 g/mol. The Balaban J connectivity index is 5.36. The third-order valence-corrected chi connectivity index (χ3v) is 13.7. The second-order valence-electron chi connectivity index (χ2n) is 20.8. The lowest BCUT2D eigenvalue weighted by atomic mass is 10.0. The smallest absolute Gasteiger partial charge is 0.456 e. The first-order valence-electron chi connectivity index (χ1n) is 29.1. The molecular weight excluding hydrogens is 892 g/mol. The molecule has 0 heterocycles. The third kappa shape index (κ3) is 50.6. The number of quaternary nitrogens is 1. The van der Waals surface area contributed by atoms with Gasteiger partial charge in [0.2, 0.25) is 5.91 Å². The number of allylic oxidation sites excluding steroid dienone is 9. The van der Waals surface area contributed by atoms with Crippen LogP contribution in [0.25, 0.3) is 0 Å². The summed E-state index contributed by atoms with van der Waals surface area (Å²) in [5.41, 5.74) is 0. The molecule has 0 radical (unpaired) electrons. The summed E-state index contributed by atoms with van der Waals surface area (Å²) in [7, 11) is 1.48. The highest BCUT2D eigenvalue weighted by atomic mass is 31.2. The van der Waals surface area contributed by atoms with Crippen LogP contribution in [0.3, 0.4) is 0 Å². The Kier molecular flexibility index (Phi) is 48.6. The van der Waals surface area contributed by atoms with Crippen molar-refractivity contribution in [3.8, 4) is 0 Å². The molecule has 70 heavy (non-hydrogen) atoms. The van der Waals surface area contributed by atoms with Crippen molar-refractivity contribution in [2.45, 2.75) is 270 Å². The second kappa shape index (κ2) is 50.3. The predicted molar refractivity (Wildman–Crippen MR) is 300 cm³/mol. The van der Waals surface area contributed by atoms with Crippen LogP contribution in [0.2, 0.25) is 0 Å². The summed E-state index contributed by atoms with van der Waals surface area (Å²) in [5.74, 6) is -0.526. The fraction of sp³-hybridized carbons (Fsp3) is 0.800. The van der Waals surface area contributed by atoms with E-state index in [4.69, 9.17) is 13.8 Å². The minimum atomic E-state index is -4.45. The molecular formula is C60H112N2O7P+. The van der Waals surface area contributed by atoms with E-state index < -0.39 is 20.0 Å². The Morgan fingerprint density at radius 1 is 0.514 bits per heavy atom. The zero-order valence-electron chi connectivity index (χ0n) is 46.5. The van der Waals surface area contributed by atoms with E-state index in [9.17, 15) is 19.0 Å². The molecule has 3 atom stereocenters. The van der Waals surface area contributed by atoms with Crippen molar-refractivity contribution in [3.05, 3.63) is 60.8 Å². The van der Waals surface area contributed by atoms with Gasteiger partial charge in [-0.15, -0.1) is 0 Å². The first kappa shape index (κ1) is 67.7. The van der Waals surface area contributed by atoms with E-state index in [2.05, 4.69) is 74.7 Å². The fourth-order valence-electron chi connectivity index (χ4n) is 8.14. The number of esters is 1. The Morgan fingerprint density at radius 3 is 1.40 bits per heavy atom. The molecule has 1 amide bonds. The summed E-state index contributed by atoms with van der Waals surface area (Å²) < 4.78 is 30.6. The number of hydrogen-bond acceptors (Lipinski definition) is 6. The molecule has 0 rings (SSSR count). The van der Waals surface area contributed by atoms with Crippen LogP contribution in [0, 0.1) is 0 Å². The van der Waals surface area contributed by atoms with Gasteiger partial charge in [0.25, 0.3) is 0 Å². The number of carbonyl (C=O) groups is 2. The number of amides is 1. The number of rotatable bonds is 52. The molecule has 9 nitrogen and oxygen atoms in total. The summed E-state index contributed by atoms with van der Waals surface area (Å²) >= 11 is 0. The Hall–Kier alpha value is -2.29. The van der Waals surface area contributed by atoms with Crippen LogP contribution in [0.5, 0.6) is 0 Å². The van der Waals surface area contributed by atoms with E-state index in [-0.39, 0.29) is 31.5 Å². The van der Waals surface area contributed by atoms with Gasteiger partial charge in [-0.3, -0.25) is 18.6 Å². The van der Waals surface area contributed by atoms with E-state index in [0.717, 1.165) is 96.3 Å². The monoisotopic (exact) mass is 1000 g/mol. The van der Waals surface area contributed by atoms with E-state index in [1.54, 1.807) is 0 Å². The number of phosphoric ester groups is 1. The fourth-order valence-corrected chi connectivity index (χ4v) is 8.87. The minimum absolute atomic E-state index is 0.0351. The van der Waals surface area contributed by atoms with Gasteiger partial charge in [-0.2, -0.15) is 0 Å². The van der Waals surface area contributed by atoms with Gasteiger partial charge in [0.05, 0.1) is 33.8 Å². The van der Waals surface area contributed by atoms with Crippen molar-refractivity contribution in [1.29, 1.82) is 0 Å². The van der Waals surface area contributed by atoms with Crippen LogP contribution >= 0.6 is 7.82 Å². The first-order valence-corrected chi connectivity index (χ1v) is 30.6. The molecule has 0 aromatic heterocycles. The number of likely N-dealkylation sites (N-methyl/N-ethyl adjacent to an activating group) is 1. The molecule has 0 saturated heterocycles. The Bertz CT molecular complexity index is 1390. The predicted octanol–water partition coefficient (Wildman–Crippen LogP) is 17.5. The lowest BCUT2D eigenvalue weighted by Gasteiger charge is -2.27. The van der Waals surface area contributed by atoms with Gasteiger partial charge in [0, 0.05) is 12.8 Å². The molecule has 0 fully saturated rings. The molecule has 0 aromatic rings. The molecule has 3 unspecified atom stereocenters. The van der Waals surface area contributed by atoms with Crippen molar-refractivity contribution in [1.82, 2.24) is 5.32 Å². The molecule has 0 saturated carbocycles. The molecule has 2 N–H and O–H groups in total. The van der Waals surface area contributed by atoms with Gasteiger partial charge in [-0.25, -0.2) is 4.57 Å². The topological polar surface area (TPSA) is 111 Å². The van der Waals surface area contributed by atoms with Crippen molar-refractivity contribution in [2.24, 2.45) is 0 Å². The van der Waals surface area contributed by atoms with Crippen LogP contribution in [0.4, 0.5) is 0 Å². The zero-order chi connectivity index (χ0) is 51.5. The lowest BCUT2D eigenvalue weighted by molar-refractivity contribution is -0.870. The first-order chi connectivity index (χ1) is 33.9. The van der Waals surface area contributed by atoms with Crippen LogP contribution in [-0.4, -0.2) is 74.3 Å². The van der Waals surface area contributed by atoms with Gasteiger partial charge in [0.1, 0.15) is 19.3 Å². The minimum Gasteiger partial charge on any atom is -0.456 e. The van der Waals surface area contributed by atoms with Gasteiger partial charge in [0.15, 0.2) is 0 Å². The average Bonchev–Trinajstić information content (AvgIpc) is 3.32. The molecule has 10 heteroatoms. The highest BCUT2D eigenvalue weighted by molar-refractivity contribution is 7.47. The molecule has 0 aromatic carbocycles. The molecule has 0 bridgehead atoms. The van der Waals surface area contributed by atoms with Crippen molar-refractivity contribution in [3.63, 3.8) is 0 Å². The summed E-state index contributed by atoms with van der Waals surface area (Å²) in [6.07, 6.45) is 62.0. The number of phosphoric acid groups is 1. The van der Waals surface area contributed by atoms with Crippen LogP contribution in [0.1, 0.15) is 258 Å². The van der Waals surface area contributed by atoms with Crippen molar-refractivity contribution >= 4 is 19.7 Å². The van der Waals surface area contributed by atoms with Gasteiger partial charge >= 0.3 is 13.8 Å². The number of ether oxygens (including phenoxy) is 1. The maximum atomic E-state index is 13.5. The Morgan fingerprint density at radius 2 is 0.914 bits per heavy atom. The van der Waals surface area contributed by atoms with Crippen molar-refractivity contribution < 1.29 is 37.3 Å². The van der Waals surface area contributed by atoms with E-state index in [1.165, 1.54) is 128 Å². The second-order valence-corrected chi connectivity index (χ2v) is 22.3. The molecule has 408 valence electrons. The summed E-state index contributed by atoms with van der Waals surface area (Å²) in [5, 5.41) is 3.04. The van der Waals surface area contributed by atoms with Crippen LogP contribution in [0.15, 0.2) is 60.8 Å². The molecule has 0 aliphatic carbocycles. The lowest BCUT2D eigenvalue weighted by Crippen LogP contribution is -2.47. The van der Waals surface area contributed by atoms with E-state index in [1.807, 2.05) is 33.3 Å². The molecule has 0 aliphatic heterocycles. The van der Waals surface area contributed by atoms with Crippen LogP contribution < -0.4 is 5.32 Å². The van der Waals surface area contributed by atoms with Gasteiger partial charge in [-0.1, -0.05) is 217 Å². The molecule has 0 aliphatic rings. The van der Waals surface area contributed by atoms with Crippen LogP contribution in [-0.2, 0) is 27.9 Å². The van der Waals surface area contributed by atoms with Crippen molar-refractivity contribution in [2.75, 3.05) is 40.9 Å². The third-order valence-electron chi connectivity index (χ3n) is 12.7. The zero-order valence-corrected chi connectivity index (χ0v) is 47.4. The SMILES string of the molecule is CCCCC/C=C\C/C=C\CCCCCCCCCC(=O)OC(/C=C/CCCCCCCCCCCC)C(COP(=O)(O)OCC[N+](C)(C)C)NC(=O)CCCCCCCC/C=C/C=C/CCCCC. The largest absolute Gasteiger partial charge is 0.472 e. The Labute approximate surface area is 432 Å². The van der Waals surface area contributed by atoms with E-state index in [0.29, 0.717) is 17.4 Å². The molecule has 0 spiro atoms. The summed E-state index contributed by atoms with van der Waals surface area (Å²) in [6, 6.07) is -0.857. The van der Waals surface area contributed by atoms with E-state index >= 15 is 0 Å². The maximum absolute atomic E-state index is 13.5. The number of nitrogens with one attached hydrogen (secondary N) is 1. The number of unbranched alkanes of at least 4 members (excludes halogenated alkanes) is 29. The normalized spacial score (nSPS) is 14.2. The highest BCUT2D eigenvalue weighted by Crippen LogP contribution is 2.43. The maximum Gasteiger partial charge on any atom is 0.472 e. The standard InChI is InChI=1S/C60H111N2O7P/c1-7-10-13-16-19-22-25-28-30-31-33-35-38-41-44-47-50-53-60(64)69-58(51-48-45-42-39-36-27-24-21-18-15-12-9-3)57(56-68-70(65,66)67-55-54-62(4,5)6)61-59(63)52-49-46-43-40-37-34-32-29-26-23-20-17-14-11-8-2/h19-20,22-23,26,28-30,48,51,57-58H,7-18,21,24-25,27,31-47,49-50,52-56H2,1-6H3,(H-,61,63,65,66)/p+1/b22-19-,23-20+,29-26+,30-28-,51-48+. The summed E-state index contributed by atoms with van der Waals surface area (Å²) in [4.78, 5) is 37.6. The highest BCUT2D eigenvalue weighted by Gasteiger charge is 2.30. The summed E-state index contributed by atoms with van der Waals surface area (Å²) in [6.45, 7) is 6.94.